The van der Waals surface area contributed by atoms with Gasteiger partial charge in [-0.25, -0.2) is 4.98 Å². The van der Waals surface area contributed by atoms with Gasteiger partial charge in [-0.05, 0) is 18.9 Å². The topological polar surface area (TPSA) is 38.9 Å². The third-order valence-electron chi connectivity index (χ3n) is 3.90. The number of thiazole rings is 1. The number of benzene rings is 1. The molecule has 1 aliphatic rings. The van der Waals surface area contributed by atoms with Crippen LogP contribution in [-0.4, -0.2) is 4.98 Å². The Balaban J connectivity index is 1.96. The maximum absolute atomic E-state index is 6.53. The average molecular weight is 327 g/mol. The fourth-order valence-electron chi connectivity index (χ4n) is 2.72. The minimum Gasteiger partial charge on any atom is -0.319 e. The highest BCUT2D eigenvalue weighted by Gasteiger charge is 2.32. The van der Waals surface area contributed by atoms with E-state index in [0.717, 1.165) is 29.1 Å². The van der Waals surface area contributed by atoms with E-state index in [1.165, 1.54) is 19.3 Å². The number of aromatic nitrogens is 1. The molecule has 20 heavy (non-hydrogen) atoms. The molecule has 0 atom stereocenters. The van der Waals surface area contributed by atoms with Crippen LogP contribution < -0.4 is 5.73 Å². The minimum absolute atomic E-state index is 0.258. The van der Waals surface area contributed by atoms with Crippen LogP contribution >= 0.6 is 34.5 Å². The van der Waals surface area contributed by atoms with Crippen molar-refractivity contribution >= 4 is 34.5 Å². The highest BCUT2D eigenvalue weighted by Crippen LogP contribution is 2.39. The largest absolute Gasteiger partial charge is 0.319 e. The summed E-state index contributed by atoms with van der Waals surface area (Å²) in [7, 11) is 0. The van der Waals surface area contributed by atoms with Crippen LogP contribution in [0.1, 0.15) is 37.1 Å². The van der Waals surface area contributed by atoms with Crippen molar-refractivity contribution in [3.8, 4) is 11.3 Å². The van der Waals surface area contributed by atoms with Gasteiger partial charge in [-0.1, -0.05) is 54.6 Å². The fourth-order valence-corrected chi connectivity index (χ4v) is 4.11. The molecule has 2 nitrogen and oxygen atoms in total. The molecule has 0 bridgehead atoms. The summed E-state index contributed by atoms with van der Waals surface area (Å²) in [6, 6.07) is 5.62. The minimum atomic E-state index is -0.258. The lowest BCUT2D eigenvalue weighted by Crippen LogP contribution is -2.38. The second kappa shape index (κ2) is 5.64. The summed E-state index contributed by atoms with van der Waals surface area (Å²) in [5.41, 5.74) is 8.02. The maximum atomic E-state index is 6.53. The van der Waals surface area contributed by atoms with Crippen molar-refractivity contribution in [1.82, 2.24) is 4.98 Å². The van der Waals surface area contributed by atoms with Gasteiger partial charge in [0.15, 0.2) is 0 Å². The summed E-state index contributed by atoms with van der Waals surface area (Å²) >= 11 is 14.0. The molecule has 0 saturated heterocycles. The molecule has 2 N–H and O–H groups in total. The van der Waals surface area contributed by atoms with Crippen molar-refractivity contribution in [3.05, 3.63) is 38.6 Å². The van der Waals surface area contributed by atoms with Gasteiger partial charge in [0, 0.05) is 10.9 Å². The summed E-state index contributed by atoms with van der Waals surface area (Å²) in [5, 5.41) is 4.15. The Morgan fingerprint density at radius 1 is 1.15 bits per heavy atom. The number of nitrogens with zero attached hydrogens (tertiary/aromatic N) is 1. The SMILES string of the molecule is NC1(c2nc(-c3cccc(Cl)c3Cl)cs2)CCCCC1. The van der Waals surface area contributed by atoms with Crippen LogP contribution in [0, 0.1) is 0 Å². The van der Waals surface area contributed by atoms with E-state index in [4.69, 9.17) is 33.9 Å². The molecule has 1 aromatic heterocycles. The summed E-state index contributed by atoms with van der Waals surface area (Å²) < 4.78 is 0. The standard InChI is InChI=1S/C15H16Cl2N2S/c16-11-6-4-5-10(13(11)17)12-9-20-14(19-12)15(18)7-2-1-3-8-15/h4-6,9H,1-3,7-8,18H2. The van der Waals surface area contributed by atoms with E-state index in [9.17, 15) is 0 Å². The lowest BCUT2D eigenvalue weighted by atomic mass is 9.83. The predicted octanol–water partition coefficient (Wildman–Crippen LogP) is 5.24. The molecule has 0 spiro atoms. The van der Waals surface area contributed by atoms with Crippen molar-refractivity contribution in [2.24, 2.45) is 5.73 Å². The smallest absolute Gasteiger partial charge is 0.113 e. The molecule has 1 heterocycles. The zero-order valence-corrected chi connectivity index (χ0v) is 13.4. The third kappa shape index (κ3) is 2.60. The first kappa shape index (κ1) is 14.3. The van der Waals surface area contributed by atoms with Crippen molar-refractivity contribution in [1.29, 1.82) is 0 Å². The Morgan fingerprint density at radius 3 is 2.65 bits per heavy atom. The highest BCUT2D eigenvalue weighted by molar-refractivity contribution is 7.10. The second-order valence-electron chi connectivity index (χ2n) is 5.36. The molecule has 1 saturated carbocycles. The summed E-state index contributed by atoms with van der Waals surface area (Å²) in [6.07, 6.45) is 5.68. The van der Waals surface area contributed by atoms with Crippen LogP contribution in [0.4, 0.5) is 0 Å². The van der Waals surface area contributed by atoms with Gasteiger partial charge in [-0.15, -0.1) is 11.3 Å². The molecule has 5 heteroatoms. The Bertz CT molecular complexity index is 618. The Hall–Kier alpha value is -0.610. The second-order valence-corrected chi connectivity index (χ2v) is 7.00. The molecule has 0 aliphatic heterocycles. The first-order chi connectivity index (χ1) is 9.60. The molecule has 1 fully saturated rings. The van der Waals surface area contributed by atoms with E-state index in [1.54, 1.807) is 17.4 Å². The zero-order valence-electron chi connectivity index (χ0n) is 11.0. The number of hydrogen-bond donors (Lipinski definition) is 1. The normalized spacial score (nSPS) is 18.1. The van der Waals surface area contributed by atoms with E-state index in [1.807, 2.05) is 17.5 Å². The number of rotatable bonds is 2. The zero-order chi connectivity index (χ0) is 14.2. The van der Waals surface area contributed by atoms with Crippen molar-refractivity contribution in [2.75, 3.05) is 0 Å². The molecule has 0 unspecified atom stereocenters. The predicted molar refractivity (Wildman–Crippen MR) is 86.5 cm³/mol. The van der Waals surface area contributed by atoms with E-state index < -0.39 is 0 Å². The number of hydrogen-bond acceptors (Lipinski definition) is 3. The summed E-state index contributed by atoms with van der Waals surface area (Å²) in [6.45, 7) is 0. The van der Waals surface area contributed by atoms with Crippen LogP contribution in [0.3, 0.4) is 0 Å². The van der Waals surface area contributed by atoms with E-state index in [0.29, 0.717) is 10.0 Å². The molecular formula is C15H16Cl2N2S. The average Bonchev–Trinajstić information content (AvgIpc) is 2.93. The van der Waals surface area contributed by atoms with Gasteiger partial charge in [0.2, 0.25) is 0 Å². The van der Waals surface area contributed by atoms with Crippen LogP contribution in [0.25, 0.3) is 11.3 Å². The summed E-state index contributed by atoms with van der Waals surface area (Å²) in [5.74, 6) is 0. The van der Waals surface area contributed by atoms with Gasteiger partial charge in [-0.3, -0.25) is 0 Å². The molecule has 1 aromatic carbocycles. The lowest BCUT2D eigenvalue weighted by molar-refractivity contribution is 0.301. The molecule has 0 amide bonds. The van der Waals surface area contributed by atoms with Gasteiger partial charge in [0.05, 0.1) is 21.3 Å². The lowest BCUT2D eigenvalue weighted by Gasteiger charge is -2.31. The number of halogens is 2. The Labute approximate surface area is 132 Å². The molecule has 0 radical (unpaired) electrons. The molecule has 106 valence electrons. The quantitative estimate of drug-likeness (QED) is 0.820. The molecule has 2 aromatic rings. The van der Waals surface area contributed by atoms with Gasteiger partial charge in [0.25, 0.3) is 0 Å². The molecule has 3 rings (SSSR count). The Kier molecular flexibility index (Phi) is 4.04. The number of nitrogens with two attached hydrogens (primary N) is 1. The van der Waals surface area contributed by atoms with Gasteiger partial charge < -0.3 is 5.73 Å². The van der Waals surface area contributed by atoms with Gasteiger partial charge in [0.1, 0.15) is 5.01 Å². The van der Waals surface area contributed by atoms with Crippen LogP contribution in [0.2, 0.25) is 10.0 Å². The Morgan fingerprint density at radius 2 is 1.90 bits per heavy atom. The van der Waals surface area contributed by atoms with Gasteiger partial charge in [-0.2, -0.15) is 0 Å². The van der Waals surface area contributed by atoms with Crippen LogP contribution in [0.5, 0.6) is 0 Å². The summed E-state index contributed by atoms with van der Waals surface area (Å²) in [4.78, 5) is 4.73. The van der Waals surface area contributed by atoms with Crippen molar-refractivity contribution in [3.63, 3.8) is 0 Å². The first-order valence-corrected chi connectivity index (χ1v) is 8.43. The van der Waals surface area contributed by atoms with E-state index in [2.05, 4.69) is 0 Å². The van der Waals surface area contributed by atoms with Gasteiger partial charge >= 0.3 is 0 Å². The molecular weight excluding hydrogens is 311 g/mol. The first-order valence-electron chi connectivity index (χ1n) is 6.79. The highest BCUT2D eigenvalue weighted by atomic mass is 35.5. The van der Waals surface area contributed by atoms with Crippen LogP contribution in [0.15, 0.2) is 23.6 Å². The monoisotopic (exact) mass is 326 g/mol. The molecule has 1 aliphatic carbocycles. The van der Waals surface area contributed by atoms with E-state index >= 15 is 0 Å². The van der Waals surface area contributed by atoms with Crippen LogP contribution in [-0.2, 0) is 5.54 Å². The fraction of sp³-hybridized carbons (Fsp3) is 0.400. The van der Waals surface area contributed by atoms with Crippen molar-refractivity contribution in [2.45, 2.75) is 37.6 Å². The maximum Gasteiger partial charge on any atom is 0.113 e. The third-order valence-corrected chi connectivity index (χ3v) is 5.78. The van der Waals surface area contributed by atoms with Crippen molar-refractivity contribution < 1.29 is 0 Å². The van der Waals surface area contributed by atoms with E-state index in [-0.39, 0.29) is 5.54 Å².